The van der Waals surface area contributed by atoms with Crippen molar-refractivity contribution in [2.75, 3.05) is 6.61 Å². The predicted octanol–water partition coefficient (Wildman–Crippen LogP) is 4.01. The maximum atomic E-state index is 13.0. The number of carbonyl (C=O) groups excluding carboxylic acids is 1. The van der Waals surface area contributed by atoms with E-state index in [-0.39, 0.29) is 23.3 Å². The molecule has 0 bridgehead atoms. The standard InChI is InChI=1S/C15H18F3NO2/c1-10(2)4-5-21-13-6-12(8-19-9-20)11(3)14(7-13)15(16,17)18/h6-10H,4-5H2,1-3H3. The molecule has 0 heterocycles. The van der Waals surface area contributed by atoms with Gasteiger partial charge >= 0.3 is 6.18 Å². The van der Waals surface area contributed by atoms with Crippen LogP contribution < -0.4 is 4.74 Å². The molecule has 0 radical (unpaired) electrons. The van der Waals surface area contributed by atoms with Gasteiger partial charge in [-0.1, -0.05) is 13.8 Å². The zero-order valence-corrected chi connectivity index (χ0v) is 12.2. The molecule has 0 spiro atoms. The molecule has 1 aromatic carbocycles. The van der Waals surface area contributed by atoms with Crippen LogP contribution in [0.1, 0.15) is 37.0 Å². The Labute approximate surface area is 121 Å². The second-order valence-electron chi connectivity index (χ2n) is 5.10. The van der Waals surface area contributed by atoms with Crippen LogP contribution in [0.15, 0.2) is 17.1 Å². The fraction of sp³-hybridized carbons (Fsp3) is 0.467. The summed E-state index contributed by atoms with van der Waals surface area (Å²) >= 11 is 0. The van der Waals surface area contributed by atoms with Gasteiger partial charge in [-0.25, -0.2) is 4.99 Å². The van der Waals surface area contributed by atoms with Crippen LogP contribution >= 0.6 is 0 Å². The molecule has 1 aromatic rings. The van der Waals surface area contributed by atoms with Crippen molar-refractivity contribution in [3.63, 3.8) is 0 Å². The van der Waals surface area contributed by atoms with Gasteiger partial charge in [0, 0.05) is 11.8 Å². The van der Waals surface area contributed by atoms with Crippen molar-refractivity contribution in [1.82, 2.24) is 0 Å². The lowest BCUT2D eigenvalue weighted by atomic mass is 10.0. The van der Waals surface area contributed by atoms with E-state index in [1.54, 1.807) is 0 Å². The number of halogens is 3. The summed E-state index contributed by atoms with van der Waals surface area (Å²) in [6.45, 7) is 5.68. The molecule has 0 aromatic heterocycles. The van der Waals surface area contributed by atoms with Gasteiger partial charge in [0.15, 0.2) is 0 Å². The largest absolute Gasteiger partial charge is 0.494 e. The molecule has 0 saturated carbocycles. The Morgan fingerprint density at radius 1 is 1.33 bits per heavy atom. The monoisotopic (exact) mass is 301 g/mol. The lowest BCUT2D eigenvalue weighted by Gasteiger charge is -2.15. The number of aliphatic imine (C=N–C) groups is 1. The lowest BCUT2D eigenvalue weighted by molar-refractivity contribution is -0.138. The number of hydrogen-bond acceptors (Lipinski definition) is 2. The van der Waals surface area contributed by atoms with Crippen LogP contribution in [-0.4, -0.2) is 19.2 Å². The third-order valence-electron chi connectivity index (χ3n) is 2.97. The molecule has 3 nitrogen and oxygen atoms in total. The smallest absolute Gasteiger partial charge is 0.416 e. The molecule has 1 amide bonds. The lowest BCUT2D eigenvalue weighted by Crippen LogP contribution is -2.11. The van der Waals surface area contributed by atoms with Gasteiger partial charge in [0.05, 0.1) is 12.2 Å². The van der Waals surface area contributed by atoms with Gasteiger partial charge in [0.2, 0.25) is 6.41 Å². The van der Waals surface area contributed by atoms with Crippen molar-refractivity contribution in [2.24, 2.45) is 10.9 Å². The van der Waals surface area contributed by atoms with E-state index >= 15 is 0 Å². The Balaban J connectivity index is 3.14. The Morgan fingerprint density at radius 2 is 2.00 bits per heavy atom. The second kappa shape index (κ2) is 7.24. The van der Waals surface area contributed by atoms with E-state index in [2.05, 4.69) is 4.99 Å². The molecule has 21 heavy (non-hydrogen) atoms. The van der Waals surface area contributed by atoms with Crippen LogP contribution in [0, 0.1) is 12.8 Å². The van der Waals surface area contributed by atoms with Crippen LogP contribution in [0.2, 0.25) is 0 Å². The highest BCUT2D eigenvalue weighted by atomic mass is 19.4. The molecule has 0 aliphatic rings. The third-order valence-corrected chi connectivity index (χ3v) is 2.97. The van der Waals surface area contributed by atoms with Crippen molar-refractivity contribution in [1.29, 1.82) is 0 Å². The number of nitrogens with zero attached hydrogens (tertiary/aromatic N) is 1. The van der Waals surface area contributed by atoms with E-state index in [0.717, 1.165) is 18.7 Å². The molecule has 0 unspecified atom stereocenters. The molecule has 0 fully saturated rings. The molecule has 0 N–H and O–H groups in total. The SMILES string of the molecule is Cc1c(C=NC=O)cc(OCCC(C)C)cc1C(F)(F)F. The van der Waals surface area contributed by atoms with Crippen molar-refractivity contribution < 1.29 is 22.7 Å². The molecule has 0 atom stereocenters. The fourth-order valence-electron chi connectivity index (χ4n) is 1.74. The third kappa shape index (κ3) is 5.21. The average Bonchev–Trinajstić information content (AvgIpc) is 2.37. The van der Waals surface area contributed by atoms with Crippen molar-refractivity contribution in [3.05, 3.63) is 28.8 Å². The summed E-state index contributed by atoms with van der Waals surface area (Å²) in [5.41, 5.74) is -0.544. The highest BCUT2D eigenvalue weighted by Crippen LogP contribution is 2.35. The number of carbonyl (C=O) groups is 1. The van der Waals surface area contributed by atoms with Crippen LogP contribution in [-0.2, 0) is 11.0 Å². The summed E-state index contributed by atoms with van der Waals surface area (Å²) < 4.78 is 44.4. The van der Waals surface area contributed by atoms with Crippen LogP contribution in [0.3, 0.4) is 0 Å². The number of hydrogen-bond donors (Lipinski definition) is 0. The Kier molecular flexibility index (Phi) is 5.93. The van der Waals surface area contributed by atoms with E-state index in [4.69, 9.17) is 4.74 Å². The van der Waals surface area contributed by atoms with E-state index in [0.29, 0.717) is 12.5 Å². The van der Waals surface area contributed by atoms with Crippen LogP contribution in [0.25, 0.3) is 0 Å². The molecule has 0 aliphatic carbocycles. The second-order valence-corrected chi connectivity index (χ2v) is 5.10. The minimum atomic E-state index is -4.48. The highest BCUT2D eigenvalue weighted by molar-refractivity contribution is 5.87. The minimum absolute atomic E-state index is 0.0179. The Bertz CT molecular complexity index is 522. The predicted molar refractivity (Wildman–Crippen MR) is 74.8 cm³/mol. The first kappa shape index (κ1) is 17.2. The van der Waals surface area contributed by atoms with E-state index in [1.807, 2.05) is 13.8 Å². The zero-order valence-electron chi connectivity index (χ0n) is 12.2. The van der Waals surface area contributed by atoms with Crippen molar-refractivity contribution in [3.8, 4) is 5.75 Å². The van der Waals surface area contributed by atoms with Crippen molar-refractivity contribution >= 4 is 12.6 Å². The number of amides is 1. The molecule has 1 rings (SSSR count). The minimum Gasteiger partial charge on any atom is -0.494 e. The first-order valence-corrected chi connectivity index (χ1v) is 6.57. The fourth-order valence-corrected chi connectivity index (χ4v) is 1.74. The highest BCUT2D eigenvalue weighted by Gasteiger charge is 2.33. The van der Waals surface area contributed by atoms with E-state index < -0.39 is 11.7 Å². The number of alkyl halides is 3. The van der Waals surface area contributed by atoms with Crippen LogP contribution in [0.5, 0.6) is 5.75 Å². The topological polar surface area (TPSA) is 38.7 Å². The summed E-state index contributed by atoms with van der Waals surface area (Å²) in [5.74, 6) is 0.523. The van der Waals surface area contributed by atoms with E-state index in [1.165, 1.54) is 13.0 Å². The van der Waals surface area contributed by atoms with Gasteiger partial charge in [-0.3, -0.25) is 4.79 Å². The molecular formula is C15H18F3NO2. The van der Waals surface area contributed by atoms with Gasteiger partial charge in [-0.15, -0.1) is 0 Å². The molecule has 116 valence electrons. The molecule has 6 heteroatoms. The van der Waals surface area contributed by atoms with Gasteiger partial charge < -0.3 is 4.74 Å². The maximum absolute atomic E-state index is 13.0. The first-order chi connectivity index (χ1) is 9.75. The molecule has 0 saturated heterocycles. The van der Waals surface area contributed by atoms with Crippen molar-refractivity contribution in [2.45, 2.75) is 33.4 Å². The Morgan fingerprint density at radius 3 is 2.52 bits per heavy atom. The summed E-state index contributed by atoms with van der Waals surface area (Å²) in [6.07, 6.45) is -2.36. The van der Waals surface area contributed by atoms with Gasteiger partial charge in [0.1, 0.15) is 5.75 Å². The average molecular weight is 301 g/mol. The summed E-state index contributed by atoms with van der Waals surface area (Å²) in [6, 6.07) is 2.44. The van der Waals surface area contributed by atoms with E-state index in [9.17, 15) is 18.0 Å². The summed E-state index contributed by atoms with van der Waals surface area (Å²) in [7, 11) is 0. The molecule has 0 aliphatic heterocycles. The van der Waals surface area contributed by atoms with Gasteiger partial charge in [0.25, 0.3) is 0 Å². The normalized spacial score (nSPS) is 12.1. The zero-order chi connectivity index (χ0) is 16.0. The quantitative estimate of drug-likeness (QED) is 0.588. The number of ether oxygens (including phenoxy) is 1. The van der Waals surface area contributed by atoms with Gasteiger partial charge in [-0.2, -0.15) is 13.2 Å². The Hall–Kier alpha value is -1.85. The number of rotatable bonds is 6. The number of benzene rings is 1. The molecular weight excluding hydrogens is 283 g/mol. The van der Waals surface area contributed by atoms with Gasteiger partial charge in [-0.05, 0) is 37.0 Å². The van der Waals surface area contributed by atoms with Crippen LogP contribution in [0.4, 0.5) is 13.2 Å². The maximum Gasteiger partial charge on any atom is 0.416 e. The summed E-state index contributed by atoms with van der Waals surface area (Å²) in [4.78, 5) is 13.6. The first-order valence-electron chi connectivity index (χ1n) is 6.57. The summed E-state index contributed by atoms with van der Waals surface area (Å²) in [5, 5.41) is 0.